The molecule has 0 aromatic carbocycles. The summed E-state index contributed by atoms with van der Waals surface area (Å²) in [5, 5.41) is 2.10. The van der Waals surface area contributed by atoms with Crippen LogP contribution < -0.4 is 10.6 Å². The van der Waals surface area contributed by atoms with Crippen LogP contribution in [0.4, 0.5) is 5.82 Å². The van der Waals surface area contributed by atoms with Gasteiger partial charge in [-0.15, -0.1) is 11.3 Å². The molecule has 2 heterocycles. The minimum Gasteiger partial charge on any atom is -0.355 e. The fourth-order valence-corrected chi connectivity index (χ4v) is 4.02. The summed E-state index contributed by atoms with van der Waals surface area (Å²) in [4.78, 5) is 8.35. The Balaban J connectivity index is 1.90. The molecule has 2 aromatic heterocycles. The largest absolute Gasteiger partial charge is 0.355 e. The maximum Gasteiger partial charge on any atom is 0.195 e. The third kappa shape index (κ3) is 2.56. The van der Waals surface area contributed by atoms with E-state index in [2.05, 4.69) is 27.9 Å². The van der Waals surface area contributed by atoms with Crippen LogP contribution in [-0.4, -0.2) is 29.0 Å². The van der Waals surface area contributed by atoms with Crippen LogP contribution in [0.15, 0.2) is 11.6 Å². The monoisotopic (exact) mass is 292 g/mol. The molecule has 110 valence electrons. The molecule has 1 aliphatic rings. The van der Waals surface area contributed by atoms with E-state index in [1.54, 1.807) is 11.3 Å². The van der Waals surface area contributed by atoms with E-state index in [4.69, 9.17) is 10.7 Å². The van der Waals surface area contributed by atoms with E-state index in [-0.39, 0.29) is 0 Å². The Morgan fingerprint density at radius 1 is 1.35 bits per heavy atom. The van der Waals surface area contributed by atoms with E-state index >= 15 is 0 Å². The van der Waals surface area contributed by atoms with Crippen LogP contribution >= 0.6 is 11.3 Å². The predicted octanol–water partition coefficient (Wildman–Crippen LogP) is 3.06. The first-order valence-electron chi connectivity index (χ1n) is 7.68. The Bertz CT molecular complexity index is 551. The normalized spacial score (nSPS) is 17.5. The maximum absolute atomic E-state index is 5.80. The van der Waals surface area contributed by atoms with Crippen LogP contribution in [0.1, 0.15) is 44.2 Å². The van der Waals surface area contributed by atoms with E-state index in [0.717, 1.165) is 17.2 Å². The molecule has 4 nitrogen and oxygen atoms in total. The number of nitrogens with zero attached hydrogens (tertiary/aromatic N) is 3. The van der Waals surface area contributed by atoms with Gasteiger partial charge < -0.3 is 10.6 Å². The molecule has 20 heavy (non-hydrogen) atoms. The zero-order valence-corrected chi connectivity index (χ0v) is 13.0. The highest BCUT2D eigenvalue weighted by molar-refractivity contribution is 7.15. The highest BCUT2D eigenvalue weighted by atomic mass is 32.1. The van der Waals surface area contributed by atoms with Gasteiger partial charge in [0.1, 0.15) is 0 Å². The molecule has 0 atom stereocenters. The zero-order chi connectivity index (χ0) is 13.9. The minimum atomic E-state index is 0.638. The van der Waals surface area contributed by atoms with Crippen LogP contribution in [-0.2, 0) is 6.42 Å². The number of rotatable bonds is 4. The predicted molar refractivity (Wildman–Crippen MR) is 85.7 cm³/mol. The third-order valence-electron chi connectivity index (χ3n) is 4.43. The van der Waals surface area contributed by atoms with Gasteiger partial charge in [0.15, 0.2) is 10.8 Å². The lowest BCUT2D eigenvalue weighted by atomic mass is 10.1. The lowest BCUT2D eigenvalue weighted by Gasteiger charge is -2.28. The van der Waals surface area contributed by atoms with Gasteiger partial charge in [-0.05, 0) is 19.4 Å². The molecule has 0 bridgehead atoms. The third-order valence-corrected chi connectivity index (χ3v) is 5.18. The second-order valence-corrected chi connectivity index (χ2v) is 6.61. The average Bonchev–Trinajstić information content (AvgIpc) is 2.91. The van der Waals surface area contributed by atoms with Gasteiger partial charge in [0.25, 0.3) is 0 Å². The molecule has 5 heteroatoms. The SMILES string of the molecule is CN(c1nc2sccn2c1CCN)C1CCCCCC1. The summed E-state index contributed by atoms with van der Waals surface area (Å²) in [5.74, 6) is 1.15. The number of thiazole rings is 1. The molecule has 0 unspecified atom stereocenters. The number of imidazole rings is 1. The number of hydrogen-bond acceptors (Lipinski definition) is 4. The van der Waals surface area contributed by atoms with Gasteiger partial charge in [-0.2, -0.15) is 0 Å². The molecule has 3 rings (SSSR count). The van der Waals surface area contributed by atoms with Crippen molar-refractivity contribution in [3.63, 3.8) is 0 Å². The van der Waals surface area contributed by atoms with Crippen molar-refractivity contribution in [3.8, 4) is 0 Å². The Kier molecular flexibility index (Phi) is 4.27. The van der Waals surface area contributed by atoms with Crippen molar-refractivity contribution >= 4 is 22.1 Å². The van der Waals surface area contributed by atoms with Gasteiger partial charge in [0, 0.05) is 31.1 Å². The van der Waals surface area contributed by atoms with Gasteiger partial charge in [-0.1, -0.05) is 25.7 Å². The average molecular weight is 292 g/mol. The molecule has 1 fully saturated rings. The van der Waals surface area contributed by atoms with Crippen LogP contribution in [0.2, 0.25) is 0 Å². The van der Waals surface area contributed by atoms with Crippen LogP contribution in [0.25, 0.3) is 4.96 Å². The van der Waals surface area contributed by atoms with E-state index in [1.807, 2.05) is 0 Å². The quantitative estimate of drug-likeness (QED) is 0.881. The van der Waals surface area contributed by atoms with Crippen molar-refractivity contribution in [1.82, 2.24) is 9.38 Å². The number of hydrogen-bond donors (Lipinski definition) is 1. The Morgan fingerprint density at radius 2 is 2.10 bits per heavy atom. The van der Waals surface area contributed by atoms with Gasteiger partial charge >= 0.3 is 0 Å². The number of fused-ring (bicyclic) bond motifs is 1. The van der Waals surface area contributed by atoms with Gasteiger partial charge in [-0.3, -0.25) is 4.40 Å². The highest BCUT2D eigenvalue weighted by Gasteiger charge is 2.23. The van der Waals surface area contributed by atoms with E-state index in [9.17, 15) is 0 Å². The lowest BCUT2D eigenvalue weighted by molar-refractivity contribution is 0.548. The zero-order valence-electron chi connectivity index (χ0n) is 12.2. The molecule has 0 saturated heterocycles. The van der Waals surface area contributed by atoms with E-state index in [0.29, 0.717) is 12.6 Å². The Hall–Kier alpha value is -1.07. The Labute approximate surface area is 124 Å². The molecular weight excluding hydrogens is 268 g/mol. The highest BCUT2D eigenvalue weighted by Crippen LogP contribution is 2.29. The first-order chi connectivity index (χ1) is 9.81. The molecule has 0 amide bonds. The van der Waals surface area contributed by atoms with Crippen molar-refractivity contribution in [3.05, 3.63) is 17.3 Å². The van der Waals surface area contributed by atoms with E-state index < -0.39 is 0 Å². The Morgan fingerprint density at radius 3 is 2.80 bits per heavy atom. The maximum atomic E-state index is 5.80. The van der Waals surface area contributed by atoms with Crippen LogP contribution in [0.3, 0.4) is 0 Å². The number of aromatic nitrogens is 2. The van der Waals surface area contributed by atoms with E-state index in [1.165, 1.54) is 44.2 Å². The molecule has 2 aromatic rings. The summed E-state index contributed by atoms with van der Waals surface area (Å²) in [5.41, 5.74) is 7.07. The van der Waals surface area contributed by atoms with Gasteiger partial charge in [-0.25, -0.2) is 4.98 Å². The van der Waals surface area contributed by atoms with Crippen molar-refractivity contribution in [2.45, 2.75) is 51.0 Å². The van der Waals surface area contributed by atoms with Crippen LogP contribution in [0, 0.1) is 0 Å². The molecule has 0 radical (unpaired) electrons. The molecule has 1 saturated carbocycles. The minimum absolute atomic E-state index is 0.638. The number of nitrogens with two attached hydrogens (primary N) is 1. The molecular formula is C15H24N4S. The summed E-state index contributed by atoms with van der Waals surface area (Å²) in [6.07, 6.45) is 11.1. The molecule has 2 N–H and O–H groups in total. The molecule has 1 aliphatic carbocycles. The summed E-state index contributed by atoms with van der Waals surface area (Å²) >= 11 is 1.70. The second kappa shape index (κ2) is 6.14. The van der Waals surface area contributed by atoms with Crippen LogP contribution in [0.5, 0.6) is 0 Å². The summed E-state index contributed by atoms with van der Waals surface area (Å²) in [6, 6.07) is 0.638. The first-order valence-corrected chi connectivity index (χ1v) is 8.56. The topological polar surface area (TPSA) is 46.6 Å². The standard InChI is InChI=1S/C15H24N4S/c1-18(12-6-4-2-3-5-7-12)14-13(8-9-16)19-10-11-20-15(19)17-14/h10-12H,2-9,16H2,1H3. The van der Waals surface area contributed by atoms with Gasteiger partial charge in [0.05, 0.1) is 5.69 Å². The summed E-state index contributed by atoms with van der Waals surface area (Å²) < 4.78 is 2.21. The molecule has 0 aliphatic heterocycles. The van der Waals surface area contributed by atoms with Gasteiger partial charge in [0.2, 0.25) is 0 Å². The summed E-state index contributed by atoms with van der Waals surface area (Å²) in [6.45, 7) is 0.676. The molecule has 0 spiro atoms. The van der Waals surface area contributed by atoms with Crippen molar-refractivity contribution in [1.29, 1.82) is 0 Å². The van der Waals surface area contributed by atoms with Crippen molar-refractivity contribution in [2.75, 3.05) is 18.5 Å². The lowest BCUT2D eigenvalue weighted by Crippen LogP contribution is -2.32. The number of anilines is 1. The first kappa shape index (κ1) is 13.9. The second-order valence-electron chi connectivity index (χ2n) is 5.73. The van der Waals surface area contributed by atoms with Crippen molar-refractivity contribution < 1.29 is 0 Å². The smallest absolute Gasteiger partial charge is 0.195 e. The van der Waals surface area contributed by atoms with Crippen molar-refractivity contribution in [2.24, 2.45) is 5.73 Å². The fourth-order valence-electron chi connectivity index (χ4n) is 3.29. The fraction of sp³-hybridized carbons (Fsp3) is 0.667. The summed E-state index contributed by atoms with van der Waals surface area (Å²) in [7, 11) is 2.21.